The molecule has 0 saturated heterocycles. The molecule has 0 amide bonds. The Balaban J connectivity index is 2.58. The van der Waals surface area contributed by atoms with Gasteiger partial charge in [-0.05, 0) is 37.5 Å². The van der Waals surface area contributed by atoms with E-state index in [1.54, 1.807) is 0 Å². The summed E-state index contributed by atoms with van der Waals surface area (Å²) in [6.07, 6.45) is 11.4. The van der Waals surface area contributed by atoms with Crippen LogP contribution in [0, 0.1) is 23.7 Å². The number of ether oxygens (including phenoxy) is 2. The van der Waals surface area contributed by atoms with E-state index in [0.717, 1.165) is 38.5 Å². The van der Waals surface area contributed by atoms with E-state index in [-0.39, 0.29) is 11.9 Å². The van der Waals surface area contributed by atoms with E-state index in [0.29, 0.717) is 37.9 Å². The molecular formula is C22H38O4. The molecule has 1 rings (SSSR count). The van der Waals surface area contributed by atoms with Gasteiger partial charge in [-0.1, -0.05) is 65.5 Å². The van der Waals surface area contributed by atoms with Gasteiger partial charge in [0, 0.05) is 0 Å². The Morgan fingerprint density at radius 2 is 1.19 bits per heavy atom. The zero-order chi connectivity index (χ0) is 19.4. The molecule has 4 heteroatoms. The molecule has 4 nitrogen and oxygen atoms in total. The van der Waals surface area contributed by atoms with Gasteiger partial charge in [-0.2, -0.15) is 0 Å². The lowest BCUT2D eigenvalue weighted by Gasteiger charge is -2.27. The van der Waals surface area contributed by atoms with E-state index in [2.05, 4.69) is 27.7 Å². The number of hydrogen-bond donors (Lipinski definition) is 0. The summed E-state index contributed by atoms with van der Waals surface area (Å²) < 4.78 is 11.1. The first kappa shape index (κ1) is 22.7. The van der Waals surface area contributed by atoms with E-state index < -0.39 is 11.8 Å². The van der Waals surface area contributed by atoms with Gasteiger partial charge in [-0.15, -0.1) is 0 Å². The molecule has 4 unspecified atom stereocenters. The average molecular weight is 367 g/mol. The number of carbonyl (C=O) groups is 2. The molecule has 0 aliphatic heterocycles. The summed E-state index contributed by atoms with van der Waals surface area (Å²) in [4.78, 5) is 25.1. The molecule has 0 spiro atoms. The Bertz CT molecular complexity index is 403. The summed E-state index contributed by atoms with van der Waals surface area (Å²) in [5.74, 6) is -0.477. The van der Waals surface area contributed by atoms with Crippen molar-refractivity contribution < 1.29 is 19.1 Å². The summed E-state index contributed by atoms with van der Waals surface area (Å²) in [6.45, 7) is 9.45. The highest BCUT2D eigenvalue weighted by molar-refractivity contribution is 5.82. The fraction of sp³-hybridized carbons (Fsp3) is 0.818. The SMILES string of the molecule is CCCC(CC)COC(=O)C1CC=CCC1C(=O)OCC(CC)CCC. The van der Waals surface area contributed by atoms with Crippen molar-refractivity contribution in [3.63, 3.8) is 0 Å². The molecule has 0 N–H and O–H groups in total. The summed E-state index contributed by atoms with van der Waals surface area (Å²) in [7, 11) is 0. The van der Waals surface area contributed by atoms with Crippen LogP contribution in [0.3, 0.4) is 0 Å². The van der Waals surface area contributed by atoms with Crippen molar-refractivity contribution in [2.75, 3.05) is 13.2 Å². The molecular weight excluding hydrogens is 328 g/mol. The Morgan fingerprint density at radius 3 is 1.50 bits per heavy atom. The summed E-state index contributed by atoms with van der Waals surface area (Å²) >= 11 is 0. The van der Waals surface area contributed by atoms with Gasteiger partial charge in [-0.25, -0.2) is 0 Å². The second kappa shape index (κ2) is 12.9. The van der Waals surface area contributed by atoms with Crippen LogP contribution in [0.2, 0.25) is 0 Å². The summed E-state index contributed by atoms with van der Waals surface area (Å²) in [6, 6.07) is 0. The first-order valence-corrected chi connectivity index (χ1v) is 10.5. The molecule has 0 aromatic carbocycles. The van der Waals surface area contributed by atoms with Crippen LogP contribution in [-0.4, -0.2) is 25.2 Å². The Hall–Kier alpha value is -1.32. The number of esters is 2. The van der Waals surface area contributed by atoms with E-state index in [1.807, 2.05) is 12.2 Å². The number of hydrogen-bond acceptors (Lipinski definition) is 4. The van der Waals surface area contributed by atoms with Crippen molar-refractivity contribution in [3.05, 3.63) is 12.2 Å². The van der Waals surface area contributed by atoms with Crippen LogP contribution in [0.5, 0.6) is 0 Å². The van der Waals surface area contributed by atoms with Crippen LogP contribution < -0.4 is 0 Å². The minimum absolute atomic E-state index is 0.244. The van der Waals surface area contributed by atoms with Crippen molar-refractivity contribution in [2.24, 2.45) is 23.7 Å². The Kier molecular flexibility index (Phi) is 11.3. The van der Waals surface area contributed by atoms with Crippen LogP contribution >= 0.6 is 0 Å². The van der Waals surface area contributed by atoms with Gasteiger partial charge in [-0.3, -0.25) is 9.59 Å². The second-order valence-electron chi connectivity index (χ2n) is 7.54. The lowest BCUT2D eigenvalue weighted by molar-refractivity contribution is -0.162. The molecule has 150 valence electrons. The molecule has 26 heavy (non-hydrogen) atoms. The van der Waals surface area contributed by atoms with E-state index in [9.17, 15) is 9.59 Å². The van der Waals surface area contributed by atoms with Crippen molar-refractivity contribution in [1.82, 2.24) is 0 Å². The van der Waals surface area contributed by atoms with E-state index >= 15 is 0 Å². The zero-order valence-corrected chi connectivity index (χ0v) is 17.2. The smallest absolute Gasteiger partial charge is 0.310 e. The molecule has 4 atom stereocenters. The highest BCUT2D eigenvalue weighted by Gasteiger charge is 2.36. The molecule has 0 fully saturated rings. The monoisotopic (exact) mass is 366 g/mol. The van der Waals surface area contributed by atoms with Crippen molar-refractivity contribution in [1.29, 1.82) is 0 Å². The van der Waals surface area contributed by atoms with Crippen LogP contribution in [-0.2, 0) is 19.1 Å². The lowest BCUT2D eigenvalue weighted by Crippen LogP contribution is -2.35. The molecule has 1 aliphatic rings. The summed E-state index contributed by atoms with van der Waals surface area (Å²) in [5.41, 5.74) is 0. The minimum Gasteiger partial charge on any atom is -0.465 e. The first-order chi connectivity index (χ1) is 12.6. The third-order valence-corrected chi connectivity index (χ3v) is 5.51. The van der Waals surface area contributed by atoms with Crippen molar-refractivity contribution in [3.8, 4) is 0 Å². The second-order valence-corrected chi connectivity index (χ2v) is 7.54. The van der Waals surface area contributed by atoms with Gasteiger partial charge in [0.25, 0.3) is 0 Å². The Morgan fingerprint density at radius 1 is 0.808 bits per heavy atom. The molecule has 0 aromatic rings. The predicted octanol–water partition coefficient (Wildman–Crippen LogP) is 5.31. The quantitative estimate of drug-likeness (QED) is 0.347. The van der Waals surface area contributed by atoms with Crippen molar-refractivity contribution in [2.45, 2.75) is 79.1 Å². The van der Waals surface area contributed by atoms with Gasteiger partial charge in [0.1, 0.15) is 0 Å². The largest absolute Gasteiger partial charge is 0.465 e. The highest BCUT2D eigenvalue weighted by Crippen LogP contribution is 2.29. The van der Waals surface area contributed by atoms with E-state index in [1.165, 1.54) is 0 Å². The standard InChI is InChI=1S/C22H38O4/c1-5-11-17(7-3)15-25-21(23)19-13-9-10-14-20(19)22(24)26-16-18(8-4)12-6-2/h9-10,17-20H,5-8,11-16H2,1-4H3. The zero-order valence-electron chi connectivity index (χ0n) is 17.2. The third kappa shape index (κ3) is 7.51. The first-order valence-electron chi connectivity index (χ1n) is 10.5. The van der Waals surface area contributed by atoms with Gasteiger partial charge < -0.3 is 9.47 Å². The van der Waals surface area contributed by atoms with Crippen LogP contribution in [0.4, 0.5) is 0 Å². The molecule has 0 aromatic heterocycles. The van der Waals surface area contributed by atoms with Crippen LogP contribution in [0.15, 0.2) is 12.2 Å². The highest BCUT2D eigenvalue weighted by atomic mass is 16.5. The topological polar surface area (TPSA) is 52.6 Å². The number of allylic oxidation sites excluding steroid dienone is 2. The van der Waals surface area contributed by atoms with Gasteiger partial charge in [0.2, 0.25) is 0 Å². The summed E-state index contributed by atoms with van der Waals surface area (Å²) in [5, 5.41) is 0. The van der Waals surface area contributed by atoms with E-state index in [4.69, 9.17) is 9.47 Å². The Labute approximate surface area is 159 Å². The molecule has 0 radical (unpaired) electrons. The predicted molar refractivity (Wildman–Crippen MR) is 105 cm³/mol. The normalized spacial score (nSPS) is 21.8. The average Bonchev–Trinajstić information content (AvgIpc) is 2.67. The fourth-order valence-corrected chi connectivity index (χ4v) is 3.58. The lowest BCUT2D eigenvalue weighted by atomic mass is 9.83. The fourth-order valence-electron chi connectivity index (χ4n) is 3.58. The van der Waals surface area contributed by atoms with Gasteiger partial charge in [0.05, 0.1) is 25.0 Å². The van der Waals surface area contributed by atoms with Crippen LogP contribution in [0.25, 0.3) is 0 Å². The van der Waals surface area contributed by atoms with Gasteiger partial charge >= 0.3 is 11.9 Å². The number of rotatable bonds is 12. The maximum Gasteiger partial charge on any atom is 0.310 e. The minimum atomic E-state index is -0.405. The maximum atomic E-state index is 12.6. The van der Waals surface area contributed by atoms with Crippen LogP contribution in [0.1, 0.15) is 79.1 Å². The molecule has 0 saturated carbocycles. The van der Waals surface area contributed by atoms with Crippen molar-refractivity contribution >= 4 is 11.9 Å². The maximum absolute atomic E-state index is 12.6. The van der Waals surface area contributed by atoms with Gasteiger partial charge in [0.15, 0.2) is 0 Å². The molecule has 1 aliphatic carbocycles. The molecule has 0 heterocycles. The number of carbonyl (C=O) groups excluding carboxylic acids is 2. The third-order valence-electron chi connectivity index (χ3n) is 5.51. The molecule has 0 bridgehead atoms.